The van der Waals surface area contributed by atoms with Gasteiger partial charge in [-0.15, -0.1) is 0 Å². The number of nitrogens with one attached hydrogen (secondary N) is 1. The highest BCUT2D eigenvalue weighted by Gasteiger charge is 2.41. The number of carbonyl (C=O) groups excluding carboxylic acids is 1. The molecule has 0 radical (unpaired) electrons. The van der Waals surface area contributed by atoms with Crippen LogP contribution in [0.3, 0.4) is 0 Å². The summed E-state index contributed by atoms with van der Waals surface area (Å²) < 4.78 is 1.62. The van der Waals surface area contributed by atoms with E-state index in [0.29, 0.717) is 23.6 Å². The third-order valence-corrected chi connectivity index (χ3v) is 5.66. The lowest BCUT2D eigenvalue weighted by Crippen LogP contribution is -2.43. The fraction of sp³-hybridized carbons (Fsp3) is 0.115. The third-order valence-electron chi connectivity index (χ3n) is 5.66. The lowest BCUT2D eigenvalue weighted by atomic mass is 10.0. The Bertz CT molecular complexity index is 1300. The number of hydrogen-bond acceptors (Lipinski definition) is 5. The second kappa shape index (κ2) is 7.81. The Morgan fingerprint density at radius 1 is 0.875 bits per heavy atom. The summed E-state index contributed by atoms with van der Waals surface area (Å²) in [5, 5.41) is 22.7. The Morgan fingerprint density at radius 3 is 2.09 bits per heavy atom. The number of rotatable bonds is 4. The molecule has 1 aliphatic rings. The van der Waals surface area contributed by atoms with Crippen LogP contribution in [0.15, 0.2) is 79.0 Å². The van der Waals surface area contributed by atoms with Crippen molar-refractivity contribution in [2.75, 3.05) is 5.32 Å². The predicted molar refractivity (Wildman–Crippen MR) is 122 cm³/mol. The molecule has 6 nitrogen and oxygen atoms in total. The van der Waals surface area contributed by atoms with Crippen LogP contribution in [0.25, 0.3) is 22.5 Å². The topological polar surface area (TPSA) is 86.3 Å². The van der Waals surface area contributed by atoms with Gasteiger partial charge in [0, 0.05) is 17.5 Å². The zero-order chi connectivity index (χ0) is 22.2. The van der Waals surface area contributed by atoms with Gasteiger partial charge in [0.15, 0.2) is 11.7 Å². The Kier molecular flexibility index (Phi) is 4.82. The van der Waals surface area contributed by atoms with E-state index >= 15 is 0 Å². The van der Waals surface area contributed by atoms with Gasteiger partial charge in [-0.2, -0.15) is 4.57 Å². The van der Waals surface area contributed by atoms with Crippen molar-refractivity contribution in [1.82, 2.24) is 4.98 Å². The van der Waals surface area contributed by atoms with E-state index in [1.165, 1.54) is 5.56 Å². The summed E-state index contributed by atoms with van der Waals surface area (Å²) in [5.74, 6) is 0.898. The number of fused-ring (bicyclic) bond motifs is 1. The molecule has 0 spiro atoms. The third kappa shape index (κ3) is 3.67. The molecule has 0 fully saturated rings. The van der Waals surface area contributed by atoms with Crippen molar-refractivity contribution >= 4 is 11.7 Å². The van der Waals surface area contributed by atoms with Crippen molar-refractivity contribution in [3.63, 3.8) is 0 Å². The van der Waals surface area contributed by atoms with Crippen LogP contribution in [0.1, 0.15) is 15.9 Å². The summed E-state index contributed by atoms with van der Waals surface area (Å²) >= 11 is 0. The number of anilines is 1. The van der Waals surface area contributed by atoms with Gasteiger partial charge in [-0.3, -0.25) is 5.32 Å². The first-order valence-corrected chi connectivity index (χ1v) is 10.4. The van der Waals surface area contributed by atoms with E-state index in [1.54, 1.807) is 59.3 Å². The second-order valence-electron chi connectivity index (χ2n) is 8.01. The molecule has 0 saturated heterocycles. The predicted octanol–water partition coefficient (Wildman–Crippen LogP) is 4.10. The van der Waals surface area contributed by atoms with Gasteiger partial charge in [0.25, 0.3) is 0 Å². The fourth-order valence-electron chi connectivity index (χ4n) is 3.90. The Balaban J connectivity index is 1.59. The lowest BCUT2D eigenvalue weighted by molar-refractivity contribution is -0.551. The Hall–Kier alpha value is -4.19. The van der Waals surface area contributed by atoms with Crippen molar-refractivity contribution in [1.29, 1.82) is 0 Å². The maximum atomic E-state index is 13.3. The highest BCUT2D eigenvalue weighted by atomic mass is 16.3. The standard InChI is InChI=1S/C26H21N3O3/c1-16-2-4-17(5-3-16)14-22-26(32)29-15-23(18-6-10-20(30)11-7-18)27-24(25(29)28-22)19-8-12-21(31)13-9-19/h2-13,15,22H,14H2,1H3,(H2,27,30,31)/p+1. The number of aryl methyl sites for hydroxylation is 1. The fourth-order valence-corrected chi connectivity index (χ4v) is 3.90. The van der Waals surface area contributed by atoms with Gasteiger partial charge in [-0.1, -0.05) is 29.8 Å². The first-order chi connectivity index (χ1) is 15.5. The summed E-state index contributed by atoms with van der Waals surface area (Å²) in [7, 11) is 0. The van der Waals surface area contributed by atoms with Crippen molar-refractivity contribution in [3.8, 4) is 34.0 Å². The molecule has 0 bridgehead atoms. The van der Waals surface area contributed by atoms with E-state index in [9.17, 15) is 15.0 Å². The van der Waals surface area contributed by atoms with E-state index in [2.05, 4.69) is 5.32 Å². The van der Waals surface area contributed by atoms with Crippen LogP contribution in [-0.4, -0.2) is 27.1 Å². The highest BCUT2D eigenvalue weighted by molar-refractivity contribution is 5.87. The second-order valence-corrected chi connectivity index (χ2v) is 8.01. The number of aromatic nitrogens is 2. The van der Waals surface area contributed by atoms with Crippen LogP contribution in [0.5, 0.6) is 11.5 Å². The first kappa shape index (κ1) is 19.8. The quantitative estimate of drug-likeness (QED) is 0.430. The Morgan fingerprint density at radius 2 is 1.47 bits per heavy atom. The zero-order valence-electron chi connectivity index (χ0n) is 17.5. The number of phenolic OH excluding ortho intramolecular Hbond substituents is 2. The summed E-state index contributed by atoms with van der Waals surface area (Å²) in [4.78, 5) is 18.2. The molecule has 0 saturated carbocycles. The molecule has 3 N–H and O–H groups in total. The summed E-state index contributed by atoms with van der Waals surface area (Å²) in [6.07, 6.45) is 2.29. The molecule has 32 heavy (non-hydrogen) atoms. The normalized spacial score (nSPS) is 14.8. The van der Waals surface area contributed by atoms with Crippen LogP contribution in [-0.2, 0) is 6.42 Å². The van der Waals surface area contributed by atoms with Gasteiger partial charge >= 0.3 is 11.7 Å². The number of nitrogens with zero attached hydrogens (tertiary/aromatic N) is 2. The van der Waals surface area contributed by atoms with E-state index in [0.717, 1.165) is 16.7 Å². The minimum atomic E-state index is -0.412. The number of hydrogen-bond donors (Lipinski definition) is 3. The molecule has 3 aromatic carbocycles. The highest BCUT2D eigenvalue weighted by Crippen LogP contribution is 2.31. The van der Waals surface area contributed by atoms with Crippen molar-refractivity contribution in [3.05, 3.63) is 90.1 Å². The molecule has 158 valence electrons. The molecule has 5 rings (SSSR count). The van der Waals surface area contributed by atoms with Crippen molar-refractivity contribution in [2.45, 2.75) is 19.4 Å². The molecule has 1 aromatic heterocycles. The minimum absolute atomic E-state index is 0.0527. The average molecular weight is 424 g/mol. The monoisotopic (exact) mass is 424 g/mol. The van der Waals surface area contributed by atoms with E-state index < -0.39 is 6.04 Å². The molecule has 4 aromatic rings. The van der Waals surface area contributed by atoms with Crippen LogP contribution in [0.2, 0.25) is 0 Å². The van der Waals surface area contributed by atoms with E-state index in [-0.39, 0.29) is 17.4 Å². The molecular weight excluding hydrogens is 402 g/mol. The smallest absolute Gasteiger partial charge is 0.359 e. The number of benzene rings is 3. The van der Waals surface area contributed by atoms with Crippen LogP contribution in [0, 0.1) is 6.92 Å². The molecule has 6 heteroatoms. The summed E-state index contributed by atoms with van der Waals surface area (Å²) in [5.41, 5.74) is 5.05. The molecule has 0 aliphatic carbocycles. The zero-order valence-corrected chi connectivity index (χ0v) is 17.5. The van der Waals surface area contributed by atoms with E-state index in [1.807, 2.05) is 31.2 Å². The van der Waals surface area contributed by atoms with Gasteiger partial charge in [0.05, 0.1) is 0 Å². The Labute approximate surface area is 185 Å². The van der Waals surface area contributed by atoms with E-state index in [4.69, 9.17) is 4.98 Å². The number of carbonyl (C=O) groups is 1. The number of aromatic hydroxyl groups is 2. The molecule has 1 atom stereocenters. The minimum Gasteiger partial charge on any atom is -0.508 e. The molecule has 1 aliphatic heterocycles. The maximum absolute atomic E-state index is 13.3. The SMILES string of the molecule is Cc1ccc(CC2Nc3c(-c4ccc(O)cc4)nc(-c4ccc(O)cc4)c[n+]3C2=O)cc1. The van der Waals surface area contributed by atoms with Crippen LogP contribution >= 0.6 is 0 Å². The molecule has 0 amide bonds. The maximum Gasteiger partial charge on any atom is 0.359 e. The van der Waals surface area contributed by atoms with Gasteiger partial charge in [0.1, 0.15) is 23.4 Å². The summed E-state index contributed by atoms with van der Waals surface area (Å²) in [6, 6.07) is 21.2. The van der Waals surface area contributed by atoms with Crippen molar-refractivity contribution in [2.24, 2.45) is 0 Å². The van der Waals surface area contributed by atoms with Gasteiger partial charge in [0.2, 0.25) is 0 Å². The first-order valence-electron chi connectivity index (χ1n) is 10.4. The van der Waals surface area contributed by atoms with Crippen LogP contribution < -0.4 is 9.88 Å². The van der Waals surface area contributed by atoms with Crippen molar-refractivity contribution < 1.29 is 19.6 Å². The lowest BCUT2D eigenvalue weighted by Gasteiger charge is -2.07. The van der Waals surface area contributed by atoms with Crippen LogP contribution in [0.4, 0.5) is 5.82 Å². The van der Waals surface area contributed by atoms with Gasteiger partial charge in [-0.05, 0) is 61.0 Å². The molecular formula is C26H22N3O3+. The molecule has 2 heterocycles. The molecule has 1 unspecified atom stereocenters. The largest absolute Gasteiger partial charge is 0.508 e. The van der Waals surface area contributed by atoms with Gasteiger partial charge in [-0.25, -0.2) is 9.78 Å². The number of phenols is 2. The van der Waals surface area contributed by atoms with Gasteiger partial charge < -0.3 is 10.2 Å². The average Bonchev–Trinajstić information content (AvgIpc) is 3.11. The summed E-state index contributed by atoms with van der Waals surface area (Å²) in [6.45, 7) is 2.04.